The predicted molar refractivity (Wildman–Crippen MR) is 127 cm³/mol. The van der Waals surface area contributed by atoms with E-state index < -0.39 is 17.8 Å². The van der Waals surface area contributed by atoms with Gasteiger partial charge in [0.05, 0.1) is 29.0 Å². The molecule has 5 rings (SSSR count). The molecule has 0 bridgehead atoms. The van der Waals surface area contributed by atoms with Gasteiger partial charge < -0.3 is 5.32 Å². The lowest BCUT2D eigenvalue weighted by Crippen LogP contribution is -2.15. The number of nitrogens with one attached hydrogen (secondary N) is 1. The Labute approximate surface area is 205 Å². The van der Waals surface area contributed by atoms with Crippen LogP contribution in [-0.2, 0) is 12.7 Å². The number of amides is 1. The van der Waals surface area contributed by atoms with E-state index in [2.05, 4.69) is 20.5 Å². The number of thiophene rings is 1. The Morgan fingerprint density at radius 2 is 2.03 bits per heavy atom. The Morgan fingerprint density at radius 3 is 2.74 bits per heavy atom. The summed E-state index contributed by atoms with van der Waals surface area (Å²) in [7, 11) is 0. The third kappa shape index (κ3) is 4.64. The number of benzene rings is 1. The molecule has 0 atom stereocenters. The number of halogens is 4. The summed E-state index contributed by atoms with van der Waals surface area (Å²) in [6, 6.07) is 12.1. The van der Waals surface area contributed by atoms with Gasteiger partial charge in [0.1, 0.15) is 5.02 Å². The van der Waals surface area contributed by atoms with E-state index in [0.717, 1.165) is 17.2 Å². The average molecular weight is 517 g/mol. The highest BCUT2D eigenvalue weighted by molar-refractivity contribution is 7.13. The maximum Gasteiger partial charge on any atom is 0.433 e. The van der Waals surface area contributed by atoms with Crippen LogP contribution in [0.4, 0.5) is 18.9 Å². The summed E-state index contributed by atoms with van der Waals surface area (Å²) in [5.74, 6) is -0.776. The SMILES string of the molecule is Cc1cccc(Cn2cc(NC(=O)c3nn4c(C(F)(F)F)cc(-c5cccs5)nc4c3Cl)cn2)c1. The first-order chi connectivity index (χ1) is 16.7. The van der Waals surface area contributed by atoms with Crippen molar-refractivity contribution in [3.05, 3.63) is 87.8 Å². The first-order valence-electron chi connectivity index (χ1n) is 10.3. The Hall–Kier alpha value is -3.70. The second kappa shape index (κ2) is 8.82. The van der Waals surface area contributed by atoms with E-state index in [4.69, 9.17) is 11.6 Å². The lowest BCUT2D eigenvalue weighted by atomic mass is 10.1. The standard InChI is InChI=1S/C23H16ClF3N6OS/c1-13-4-2-5-14(8-13)11-32-12-15(10-28-32)29-22(34)20-19(24)21-30-16(17-6-3-7-35-17)9-18(23(25,26)27)33(21)31-20/h2-10,12H,11H2,1H3,(H,29,34). The van der Waals surface area contributed by atoms with Gasteiger partial charge in [-0.25, -0.2) is 9.50 Å². The molecule has 0 aliphatic heterocycles. The molecule has 1 aromatic carbocycles. The van der Waals surface area contributed by atoms with Gasteiger partial charge in [-0.15, -0.1) is 11.3 Å². The van der Waals surface area contributed by atoms with Crippen molar-refractivity contribution in [3.63, 3.8) is 0 Å². The summed E-state index contributed by atoms with van der Waals surface area (Å²) >= 11 is 7.55. The van der Waals surface area contributed by atoms with Crippen molar-refractivity contribution in [2.45, 2.75) is 19.6 Å². The Bertz CT molecular complexity index is 1540. The van der Waals surface area contributed by atoms with Crippen LogP contribution in [0, 0.1) is 6.92 Å². The number of aryl methyl sites for hydroxylation is 1. The molecule has 1 amide bonds. The molecule has 0 unspecified atom stereocenters. The zero-order valence-corrected chi connectivity index (χ0v) is 19.6. The molecule has 7 nitrogen and oxygen atoms in total. The smallest absolute Gasteiger partial charge is 0.318 e. The minimum Gasteiger partial charge on any atom is -0.318 e. The van der Waals surface area contributed by atoms with Crippen LogP contribution in [0.2, 0.25) is 5.02 Å². The van der Waals surface area contributed by atoms with Gasteiger partial charge in [-0.3, -0.25) is 9.48 Å². The number of rotatable bonds is 5. The van der Waals surface area contributed by atoms with Crippen molar-refractivity contribution >= 4 is 40.2 Å². The number of anilines is 1. The van der Waals surface area contributed by atoms with Crippen molar-refractivity contribution in [2.75, 3.05) is 5.32 Å². The van der Waals surface area contributed by atoms with Crippen LogP contribution in [0.25, 0.3) is 16.2 Å². The minimum atomic E-state index is -4.74. The van der Waals surface area contributed by atoms with Gasteiger partial charge in [-0.2, -0.15) is 23.4 Å². The lowest BCUT2D eigenvalue weighted by molar-refractivity contribution is -0.142. The molecule has 0 saturated heterocycles. The summed E-state index contributed by atoms with van der Waals surface area (Å²) in [6.07, 6.45) is -1.70. The summed E-state index contributed by atoms with van der Waals surface area (Å²) in [5.41, 5.74) is 0.855. The molecule has 178 valence electrons. The molecule has 0 radical (unpaired) electrons. The van der Waals surface area contributed by atoms with E-state index in [1.54, 1.807) is 28.4 Å². The molecule has 1 N–H and O–H groups in total. The second-order valence-electron chi connectivity index (χ2n) is 7.77. The lowest BCUT2D eigenvalue weighted by Gasteiger charge is -2.10. The number of alkyl halides is 3. The number of fused-ring (bicyclic) bond motifs is 1. The number of carbonyl (C=O) groups is 1. The number of hydrogen-bond acceptors (Lipinski definition) is 5. The summed E-state index contributed by atoms with van der Waals surface area (Å²) in [6.45, 7) is 2.47. The van der Waals surface area contributed by atoms with Crippen LogP contribution in [0.3, 0.4) is 0 Å². The predicted octanol–water partition coefficient (Wildman–Crippen LogP) is 5.94. The fourth-order valence-electron chi connectivity index (χ4n) is 3.59. The Morgan fingerprint density at radius 1 is 1.20 bits per heavy atom. The van der Waals surface area contributed by atoms with E-state index in [1.807, 2.05) is 31.2 Å². The van der Waals surface area contributed by atoms with Crippen LogP contribution in [0.15, 0.2) is 60.2 Å². The van der Waals surface area contributed by atoms with Crippen LogP contribution in [0.1, 0.15) is 27.3 Å². The van der Waals surface area contributed by atoms with Gasteiger partial charge in [0.15, 0.2) is 17.0 Å². The quantitative estimate of drug-likeness (QED) is 0.314. The van der Waals surface area contributed by atoms with Gasteiger partial charge in [0.2, 0.25) is 0 Å². The van der Waals surface area contributed by atoms with Crippen LogP contribution in [-0.4, -0.2) is 30.3 Å². The number of carbonyl (C=O) groups excluding carboxylic acids is 1. The van der Waals surface area contributed by atoms with E-state index >= 15 is 0 Å². The van der Waals surface area contributed by atoms with E-state index in [0.29, 0.717) is 21.6 Å². The van der Waals surface area contributed by atoms with Gasteiger partial charge in [-0.05, 0) is 30.0 Å². The fourth-order valence-corrected chi connectivity index (χ4v) is 4.52. The normalized spacial score (nSPS) is 11.8. The maximum absolute atomic E-state index is 13.8. The number of nitrogens with zero attached hydrogens (tertiary/aromatic N) is 5. The van der Waals surface area contributed by atoms with E-state index in [1.165, 1.54) is 17.5 Å². The van der Waals surface area contributed by atoms with Gasteiger partial charge in [-0.1, -0.05) is 47.5 Å². The molecule has 4 heterocycles. The Balaban J connectivity index is 1.45. The summed E-state index contributed by atoms with van der Waals surface area (Å²) < 4.78 is 43.6. The number of aromatic nitrogens is 5. The minimum absolute atomic E-state index is 0.0889. The van der Waals surface area contributed by atoms with Crippen molar-refractivity contribution in [1.82, 2.24) is 24.4 Å². The van der Waals surface area contributed by atoms with Crippen LogP contribution in [0.5, 0.6) is 0 Å². The van der Waals surface area contributed by atoms with Crippen molar-refractivity contribution in [1.29, 1.82) is 0 Å². The molecule has 0 saturated carbocycles. The van der Waals surface area contributed by atoms with E-state index in [9.17, 15) is 18.0 Å². The molecule has 0 spiro atoms. The second-order valence-corrected chi connectivity index (χ2v) is 9.10. The maximum atomic E-state index is 13.8. The molecular formula is C23H16ClF3N6OS. The molecule has 12 heteroatoms. The summed E-state index contributed by atoms with van der Waals surface area (Å²) in [4.78, 5) is 17.6. The van der Waals surface area contributed by atoms with Crippen LogP contribution < -0.4 is 5.32 Å². The molecule has 0 aliphatic carbocycles. The highest BCUT2D eigenvalue weighted by Gasteiger charge is 2.37. The average Bonchev–Trinajstić information content (AvgIpc) is 3.54. The first kappa shape index (κ1) is 23.1. The molecule has 0 aliphatic rings. The van der Waals surface area contributed by atoms with Crippen molar-refractivity contribution in [2.24, 2.45) is 0 Å². The van der Waals surface area contributed by atoms with Crippen molar-refractivity contribution < 1.29 is 18.0 Å². The third-order valence-electron chi connectivity index (χ3n) is 5.13. The van der Waals surface area contributed by atoms with Crippen molar-refractivity contribution in [3.8, 4) is 10.6 Å². The summed E-state index contributed by atoms with van der Waals surface area (Å²) in [5, 5.41) is 12.1. The van der Waals surface area contributed by atoms with Crippen LogP contribution >= 0.6 is 22.9 Å². The first-order valence-corrected chi connectivity index (χ1v) is 11.5. The third-order valence-corrected chi connectivity index (χ3v) is 6.37. The zero-order valence-electron chi connectivity index (χ0n) is 18.0. The highest BCUT2D eigenvalue weighted by Crippen LogP contribution is 2.35. The topological polar surface area (TPSA) is 77.1 Å². The zero-order chi connectivity index (χ0) is 24.7. The molecular weight excluding hydrogens is 501 g/mol. The monoisotopic (exact) mass is 516 g/mol. The fraction of sp³-hybridized carbons (Fsp3) is 0.130. The largest absolute Gasteiger partial charge is 0.433 e. The highest BCUT2D eigenvalue weighted by atomic mass is 35.5. The molecule has 35 heavy (non-hydrogen) atoms. The Kier molecular flexibility index (Phi) is 5.81. The van der Waals surface area contributed by atoms with Gasteiger partial charge in [0, 0.05) is 6.20 Å². The van der Waals surface area contributed by atoms with E-state index in [-0.39, 0.29) is 22.1 Å². The van der Waals surface area contributed by atoms with Gasteiger partial charge >= 0.3 is 6.18 Å². The van der Waals surface area contributed by atoms with Gasteiger partial charge in [0.25, 0.3) is 5.91 Å². The molecule has 5 aromatic rings. The molecule has 0 fully saturated rings. The number of hydrogen-bond donors (Lipinski definition) is 1. The molecule has 4 aromatic heterocycles.